The van der Waals surface area contributed by atoms with Gasteiger partial charge in [0, 0.05) is 25.2 Å². The number of carbonyl (C=O) groups is 1. The molecule has 2 N–H and O–H groups in total. The topological polar surface area (TPSA) is 83.1 Å². The predicted molar refractivity (Wildman–Crippen MR) is 97.8 cm³/mol. The summed E-state index contributed by atoms with van der Waals surface area (Å²) < 4.78 is 19.1. The fraction of sp³-hybridized carbons (Fsp3) is 0.316. The molecule has 27 heavy (non-hydrogen) atoms. The highest BCUT2D eigenvalue weighted by molar-refractivity contribution is 5.97. The fourth-order valence-corrected chi connectivity index (χ4v) is 3.33. The first-order chi connectivity index (χ1) is 13.2. The first-order valence-corrected chi connectivity index (χ1v) is 8.87. The first kappa shape index (κ1) is 17.6. The molecule has 0 aliphatic carbocycles. The molecule has 0 saturated carbocycles. The van der Waals surface area contributed by atoms with Gasteiger partial charge in [-0.25, -0.2) is 4.39 Å². The summed E-state index contributed by atoms with van der Waals surface area (Å²) in [6.45, 7) is 3.11. The van der Waals surface area contributed by atoms with Crippen molar-refractivity contribution in [3.63, 3.8) is 0 Å². The molecule has 1 aromatic heterocycles. The molecular weight excluding hydrogens is 349 g/mol. The summed E-state index contributed by atoms with van der Waals surface area (Å²) in [5.41, 5.74) is 2.69. The Labute approximate surface area is 155 Å². The Bertz CT molecular complexity index is 939. The van der Waals surface area contributed by atoms with Gasteiger partial charge in [0.1, 0.15) is 16.9 Å². The quantitative estimate of drug-likeness (QED) is 0.718. The maximum atomic E-state index is 13.7. The minimum atomic E-state index is -0.284. The SMILES string of the molecule is O=C(NCC(c1cccc(F)c1)N1CCOCC1)c1ccc2n[nH]nc2c1. The van der Waals surface area contributed by atoms with Gasteiger partial charge in [-0.05, 0) is 35.9 Å². The van der Waals surface area contributed by atoms with Crippen molar-refractivity contribution >= 4 is 16.9 Å². The minimum absolute atomic E-state index is 0.121. The number of aromatic nitrogens is 3. The van der Waals surface area contributed by atoms with Gasteiger partial charge in [-0.3, -0.25) is 9.69 Å². The molecule has 8 heteroatoms. The van der Waals surface area contributed by atoms with Crippen molar-refractivity contribution in [2.75, 3.05) is 32.8 Å². The van der Waals surface area contributed by atoms with Crippen LogP contribution in [0.4, 0.5) is 4.39 Å². The third kappa shape index (κ3) is 3.96. The molecule has 0 spiro atoms. The van der Waals surface area contributed by atoms with Crippen LogP contribution < -0.4 is 5.32 Å². The number of nitrogens with zero attached hydrogens (tertiary/aromatic N) is 3. The van der Waals surface area contributed by atoms with Crippen LogP contribution in [0.5, 0.6) is 0 Å². The number of halogens is 1. The number of fused-ring (bicyclic) bond motifs is 1. The second-order valence-electron chi connectivity index (χ2n) is 6.46. The Balaban J connectivity index is 1.51. The van der Waals surface area contributed by atoms with Gasteiger partial charge >= 0.3 is 0 Å². The van der Waals surface area contributed by atoms with E-state index in [1.807, 2.05) is 6.07 Å². The van der Waals surface area contributed by atoms with E-state index in [0.29, 0.717) is 36.4 Å². The Morgan fingerprint density at radius 1 is 1.19 bits per heavy atom. The van der Waals surface area contributed by atoms with Gasteiger partial charge in [0.15, 0.2) is 0 Å². The van der Waals surface area contributed by atoms with Crippen LogP contribution in [-0.4, -0.2) is 59.1 Å². The van der Waals surface area contributed by atoms with Crippen LogP contribution >= 0.6 is 0 Å². The molecule has 7 nitrogen and oxygen atoms in total. The summed E-state index contributed by atoms with van der Waals surface area (Å²) in [5, 5.41) is 13.5. The number of amides is 1. The molecule has 140 valence electrons. The third-order valence-corrected chi connectivity index (χ3v) is 4.75. The Hall–Kier alpha value is -2.84. The standard InChI is InChI=1S/C19H20FN5O2/c20-15-3-1-2-13(10-15)18(25-6-8-27-9-7-25)12-21-19(26)14-4-5-16-17(11-14)23-24-22-16/h1-5,10-11,18H,6-9,12H2,(H,21,26)(H,22,23,24). The van der Waals surface area contributed by atoms with Gasteiger partial charge in [-0.2, -0.15) is 15.4 Å². The molecule has 0 radical (unpaired) electrons. The number of benzene rings is 2. The largest absolute Gasteiger partial charge is 0.379 e. The van der Waals surface area contributed by atoms with Gasteiger partial charge in [0.25, 0.3) is 5.91 Å². The predicted octanol–water partition coefficient (Wildman–Crippen LogP) is 1.90. The van der Waals surface area contributed by atoms with E-state index < -0.39 is 0 Å². The maximum Gasteiger partial charge on any atom is 0.251 e. The number of rotatable bonds is 5. The number of nitrogens with one attached hydrogen (secondary N) is 2. The smallest absolute Gasteiger partial charge is 0.251 e. The highest BCUT2D eigenvalue weighted by Gasteiger charge is 2.24. The molecule has 1 aliphatic heterocycles. The number of hydrogen-bond acceptors (Lipinski definition) is 5. The van der Waals surface area contributed by atoms with Crippen molar-refractivity contribution in [3.8, 4) is 0 Å². The van der Waals surface area contributed by atoms with Gasteiger partial charge in [-0.15, -0.1) is 0 Å². The van der Waals surface area contributed by atoms with Crippen LogP contribution in [-0.2, 0) is 4.74 Å². The summed E-state index contributed by atoms with van der Waals surface area (Å²) in [6.07, 6.45) is 0. The van der Waals surface area contributed by atoms with Crippen LogP contribution in [0.2, 0.25) is 0 Å². The first-order valence-electron chi connectivity index (χ1n) is 8.87. The molecular formula is C19H20FN5O2. The molecule has 3 aromatic rings. The zero-order chi connectivity index (χ0) is 18.6. The van der Waals surface area contributed by atoms with Crippen molar-refractivity contribution in [2.24, 2.45) is 0 Å². The molecule has 1 saturated heterocycles. The molecule has 1 amide bonds. The minimum Gasteiger partial charge on any atom is -0.379 e. The highest BCUT2D eigenvalue weighted by Crippen LogP contribution is 2.22. The van der Waals surface area contributed by atoms with Crippen molar-refractivity contribution in [3.05, 3.63) is 59.4 Å². The third-order valence-electron chi connectivity index (χ3n) is 4.75. The second-order valence-corrected chi connectivity index (χ2v) is 6.46. The Kier molecular flexibility index (Phi) is 5.08. The summed E-state index contributed by atoms with van der Waals surface area (Å²) in [4.78, 5) is 14.8. The monoisotopic (exact) mass is 369 g/mol. The zero-order valence-electron chi connectivity index (χ0n) is 14.7. The van der Waals surface area contributed by atoms with E-state index in [0.717, 1.165) is 18.7 Å². The van der Waals surface area contributed by atoms with Crippen LogP contribution in [0.25, 0.3) is 11.0 Å². The van der Waals surface area contributed by atoms with Crippen LogP contribution in [0, 0.1) is 5.82 Å². The van der Waals surface area contributed by atoms with E-state index in [2.05, 4.69) is 25.6 Å². The van der Waals surface area contributed by atoms with E-state index in [-0.39, 0.29) is 17.8 Å². The van der Waals surface area contributed by atoms with E-state index in [4.69, 9.17) is 4.74 Å². The molecule has 1 unspecified atom stereocenters. The number of ether oxygens (including phenoxy) is 1. The number of H-pyrrole nitrogens is 1. The highest BCUT2D eigenvalue weighted by atomic mass is 19.1. The normalized spacial score (nSPS) is 16.3. The molecule has 4 rings (SSSR count). The fourth-order valence-electron chi connectivity index (χ4n) is 3.33. The number of aromatic amines is 1. The van der Waals surface area contributed by atoms with Crippen LogP contribution in [0.1, 0.15) is 22.0 Å². The zero-order valence-corrected chi connectivity index (χ0v) is 14.7. The average Bonchev–Trinajstić information content (AvgIpc) is 3.17. The molecule has 0 bridgehead atoms. The van der Waals surface area contributed by atoms with Gasteiger partial charge in [0.2, 0.25) is 0 Å². The van der Waals surface area contributed by atoms with Crippen molar-refractivity contribution in [1.82, 2.24) is 25.6 Å². The summed E-state index contributed by atoms with van der Waals surface area (Å²) in [6, 6.07) is 11.6. The molecule has 1 atom stereocenters. The van der Waals surface area contributed by atoms with E-state index in [1.165, 1.54) is 12.1 Å². The molecule has 2 aromatic carbocycles. The lowest BCUT2D eigenvalue weighted by molar-refractivity contribution is 0.0162. The van der Waals surface area contributed by atoms with Gasteiger partial charge < -0.3 is 10.1 Å². The maximum absolute atomic E-state index is 13.7. The van der Waals surface area contributed by atoms with Gasteiger partial charge in [0.05, 0.1) is 19.3 Å². The Morgan fingerprint density at radius 3 is 2.81 bits per heavy atom. The average molecular weight is 369 g/mol. The van der Waals surface area contributed by atoms with Crippen molar-refractivity contribution in [2.45, 2.75) is 6.04 Å². The van der Waals surface area contributed by atoms with E-state index in [1.54, 1.807) is 24.3 Å². The molecule has 1 fully saturated rings. The lowest BCUT2D eigenvalue weighted by atomic mass is 10.0. The van der Waals surface area contributed by atoms with E-state index >= 15 is 0 Å². The summed E-state index contributed by atoms with van der Waals surface area (Å²) >= 11 is 0. The lowest BCUT2D eigenvalue weighted by Gasteiger charge is -2.35. The van der Waals surface area contributed by atoms with Gasteiger partial charge in [-0.1, -0.05) is 12.1 Å². The van der Waals surface area contributed by atoms with Crippen molar-refractivity contribution < 1.29 is 13.9 Å². The Morgan fingerprint density at radius 2 is 2.00 bits per heavy atom. The molecule has 2 heterocycles. The van der Waals surface area contributed by atoms with Crippen molar-refractivity contribution in [1.29, 1.82) is 0 Å². The lowest BCUT2D eigenvalue weighted by Crippen LogP contribution is -2.43. The second kappa shape index (κ2) is 7.81. The number of carbonyl (C=O) groups excluding carboxylic acids is 1. The number of morpholine rings is 1. The summed E-state index contributed by atoms with van der Waals surface area (Å²) in [5.74, 6) is -0.483. The molecule has 1 aliphatic rings. The number of hydrogen-bond donors (Lipinski definition) is 2. The van der Waals surface area contributed by atoms with Crippen LogP contribution in [0.15, 0.2) is 42.5 Å². The van der Waals surface area contributed by atoms with Crippen LogP contribution in [0.3, 0.4) is 0 Å². The summed E-state index contributed by atoms with van der Waals surface area (Å²) in [7, 11) is 0. The van der Waals surface area contributed by atoms with E-state index in [9.17, 15) is 9.18 Å².